The number of hydrogen-bond donors (Lipinski definition) is 0. The molecule has 2 saturated carbocycles. The molecule has 0 saturated heterocycles. The van der Waals surface area contributed by atoms with Crippen LogP contribution < -0.4 is 0 Å². The summed E-state index contributed by atoms with van der Waals surface area (Å²) in [6.07, 6.45) is 4.53. The van der Waals surface area contributed by atoms with Crippen molar-refractivity contribution in [3.63, 3.8) is 0 Å². The molecule has 0 N–H and O–H groups in total. The van der Waals surface area contributed by atoms with Crippen molar-refractivity contribution in [1.82, 2.24) is 0 Å². The van der Waals surface area contributed by atoms with Crippen molar-refractivity contribution < 1.29 is 19.1 Å². The van der Waals surface area contributed by atoms with Gasteiger partial charge in [-0.1, -0.05) is 0 Å². The van der Waals surface area contributed by atoms with Gasteiger partial charge in [-0.15, -0.1) is 0 Å². The molecular weight excluding hydrogens is 264 g/mol. The fourth-order valence-electron chi connectivity index (χ4n) is 1.72. The van der Waals surface area contributed by atoms with Gasteiger partial charge < -0.3 is 9.47 Å². The van der Waals surface area contributed by atoms with Crippen molar-refractivity contribution in [3.05, 3.63) is 21.9 Å². The summed E-state index contributed by atoms with van der Waals surface area (Å²) < 4.78 is 10.4. The predicted octanol–water partition coefficient (Wildman–Crippen LogP) is 2.88. The van der Waals surface area contributed by atoms with E-state index in [1.54, 1.807) is 10.8 Å². The van der Waals surface area contributed by atoms with Crippen LogP contribution in [-0.4, -0.2) is 25.2 Å². The van der Waals surface area contributed by atoms with Crippen molar-refractivity contribution in [2.75, 3.05) is 13.2 Å². The molecular formula is C14H16O4S. The zero-order valence-corrected chi connectivity index (χ0v) is 11.4. The second-order valence-electron chi connectivity index (χ2n) is 5.28. The summed E-state index contributed by atoms with van der Waals surface area (Å²) in [5.41, 5.74) is 0.679. The molecule has 2 aliphatic rings. The molecule has 5 heteroatoms. The first kappa shape index (κ1) is 12.7. The largest absolute Gasteiger partial charge is 0.462 e. The summed E-state index contributed by atoms with van der Waals surface area (Å²) in [5.74, 6) is 0.221. The van der Waals surface area contributed by atoms with Gasteiger partial charge >= 0.3 is 11.9 Å². The van der Waals surface area contributed by atoms with Crippen molar-refractivity contribution in [1.29, 1.82) is 0 Å². The van der Waals surface area contributed by atoms with Gasteiger partial charge in [-0.3, -0.25) is 0 Å². The van der Waals surface area contributed by atoms with E-state index in [9.17, 15) is 9.59 Å². The van der Waals surface area contributed by atoms with Crippen LogP contribution in [0.4, 0.5) is 0 Å². The topological polar surface area (TPSA) is 52.6 Å². The summed E-state index contributed by atoms with van der Waals surface area (Å²) >= 11 is 1.32. The molecule has 0 aliphatic heterocycles. The molecule has 0 radical (unpaired) electrons. The van der Waals surface area contributed by atoms with Crippen molar-refractivity contribution in [2.45, 2.75) is 25.7 Å². The lowest BCUT2D eigenvalue weighted by molar-refractivity contribution is 0.0440. The highest BCUT2D eigenvalue weighted by Crippen LogP contribution is 2.30. The molecule has 0 amide bonds. The van der Waals surface area contributed by atoms with Crippen molar-refractivity contribution in [3.8, 4) is 0 Å². The van der Waals surface area contributed by atoms with E-state index in [0.29, 0.717) is 36.2 Å². The summed E-state index contributed by atoms with van der Waals surface area (Å²) in [4.78, 5) is 23.8. The van der Waals surface area contributed by atoms with Crippen molar-refractivity contribution in [2.24, 2.45) is 11.8 Å². The first-order chi connectivity index (χ1) is 9.24. The Morgan fingerprint density at radius 2 is 1.37 bits per heavy atom. The van der Waals surface area contributed by atoms with Crippen LogP contribution in [0, 0.1) is 11.8 Å². The summed E-state index contributed by atoms with van der Waals surface area (Å²) in [5, 5.41) is 3.31. The number of esters is 2. The number of hydrogen-bond acceptors (Lipinski definition) is 5. The summed E-state index contributed by atoms with van der Waals surface area (Å²) in [7, 11) is 0. The fourth-order valence-corrected chi connectivity index (χ4v) is 2.51. The second kappa shape index (κ2) is 5.33. The van der Waals surface area contributed by atoms with Gasteiger partial charge in [-0.2, -0.15) is 11.3 Å². The molecule has 0 aromatic carbocycles. The third-order valence-corrected chi connectivity index (χ3v) is 4.14. The van der Waals surface area contributed by atoms with Crippen molar-refractivity contribution >= 4 is 23.3 Å². The zero-order chi connectivity index (χ0) is 13.2. The molecule has 2 aliphatic carbocycles. The van der Waals surface area contributed by atoms with E-state index < -0.39 is 11.9 Å². The lowest BCUT2D eigenvalue weighted by atomic mass is 10.2. The van der Waals surface area contributed by atoms with Crippen LogP contribution in [0.25, 0.3) is 0 Å². The van der Waals surface area contributed by atoms with Gasteiger partial charge in [0.1, 0.15) is 0 Å². The lowest BCUT2D eigenvalue weighted by Crippen LogP contribution is -2.14. The van der Waals surface area contributed by atoms with E-state index >= 15 is 0 Å². The maximum Gasteiger partial charge on any atom is 0.339 e. The van der Waals surface area contributed by atoms with E-state index in [0.717, 1.165) is 25.7 Å². The fraction of sp³-hybridized carbons (Fsp3) is 0.571. The smallest absolute Gasteiger partial charge is 0.339 e. The molecule has 1 heterocycles. The second-order valence-corrected chi connectivity index (χ2v) is 6.03. The van der Waals surface area contributed by atoms with Gasteiger partial charge in [-0.05, 0) is 37.5 Å². The van der Waals surface area contributed by atoms with Crippen LogP contribution in [0.15, 0.2) is 10.8 Å². The molecule has 102 valence electrons. The van der Waals surface area contributed by atoms with Crippen LogP contribution in [0.3, 0.4) is 0 Å². The van der Waals surface area contributed by atoms with Crippen LogP contribution >= 0.6 is 11.3 Å². The predicted molar refractivity (Wildman–Crippen MR) is 70.3 cm³/mol. The Morgan fingerprint density at radius 1 is 0.947 bits per heavy atom. The molecule has 0 bridgehead atoms. The molecule has 0 unspecified atom stereocenters. The van der Waals surface area contributed by atoms with Crippen LogP contribution in [0.5, 0.6) is 0 Å². The van der Waals surface area contributed by atoms with Crippen LogP contribution in [-0.2, 0) is 9.47 Å². The Bertz CT molecular complexity index is 443. The average Bonchev–Trinajstić information content (AvgIpc) is 3.32. The Balaban J connectivity index is 1.58. The molecule has 1 aromatic heterocycles. The Hall–Kier alpha value is -1.36. The SMILES string of the molecule is O=C(OCC1CC1)c1cscc1C(=O)OCC1CC1. The Labute approximate surface area is 115 Å². The van der Waals surface area contributed by atoms with Gasteiger partial charge in [0.05, 0.1) is 24.3 Å². The minimum atomic E-state index is -0.411. The van der Waals surface area contributed by atoms with E-state index in [2.05, 4.69) is 0 Å². The number of carbonyl (C=O) groups excluding carboxylic acids is 2. The number of thiophene rings is 1. The van der Waals surface area contributed by atoms with Crippen LogP contribution in [0.1, 0.15) is 46.4 Å². The maximum absolute atomic E-state index is 11.9. The first-order valence-electron chi connectivity index (χ1n) is 6.64. The van der Waals surface area contributed by atoms with E-state index in [1.807, 2.05) is 0 Å². The zero-order valence-electron chi connectivity index (χ0n) is 10.6. The standard InChI is InChI=1S/C14H16O4S/c15-13(17-5-9-1-2-9)11-7-19-8-12(11)14(16)18-6-10-3-4-10/h7-10H,1-6H2. The highest BCUT2D eigenvalue weighted by Gasteiger charge is 2.27. The lowest BCUT2D eigenvalue weighted by Gasteiger charge is -2.05. The highest BCUT2D eigenvalue weighted by molar-refractivity contribution is 7.08. The van der Waals surface area contributed by atoms with Gasteiger partial charge in [0, 0.05) is 10.8 Å². The summed E-state index contributed by atoms with van der Waals surface area (Å²) in [6, 6.07) is 0. The van der Waals surface area contributed by atoms with Gasteiger partial charge in [-0.25, -0.2) is 9.59 Å². The molecule has 1 aromatic rings. The van der Waals surface area contributed by atoms with Gasteiger partial charge in [0.25, 0.3) is 0 Å². The third-order valence-electron chi connectivity index (χ3n) is 3.40. The molecule has 19 heavy (non-hydrogen) atoms. The Morgan fingerprint density at radius 3 is 1.74 bits per heavy atom. The quantitative estimate of drug-likeness (QED) is 0.752. The van der Waals surface area contributed by atoms with E-state index in [-0.39, 0.29) is 0 Å². The van der Waals surface area contributed by atoms with Crippen LogP contribution in [0.2, 0.25) is 0 Å². The summed E-state index contributed by atoms with van der Waals surface area (Å²) in [6.45, 7) is 0.927. The average molecular weight is 280 g/mol. The maximum atomic E-state index is 11.9. The molecule has 0 atom stereocenters. The molecule has 4 nitrogen and oxygen atoms in total. The highest BCUT2D eigenvalue weighted by atomic mass is 32.1. The van der Waals surface area contributed by atoms with Gasteiger partial charge in [0.2, 0.25) is 0 Å². The number of carbonyl (C=O) groups is 2. The molecule has 0 spiro atoms. The normalized spacial score (nSPS) is 18.1. The third kappa shape index (κ3) is 3.35. The molecule has 2 fully saturated rings. The van der Waals surface area contributed by atoms with E-state index in [1.165, 1.54) is 11.3 Å². The minimum Gasteiger partial charge on any atom is -0.462 e. The number of rotatable bonds is 6. The monoisotopic (exact) mass is 280 g/mol. The first-order valence-corrected chi connectivity index (χ1v) is 7.58. The Kier molecular flexibility index (Phi) is 3.55. The van der Waals surface area contributed by atoms with Gasteiger partial charge in [0.15, 0.2) is 0 Å². The minimum absolute atomic E-state index is 0.339. The number of ether oxygens (including phenoxy) is 2. The van der Waals surface area contributed by atoms with E-state index in [4.69, 9.17) is 9.47 Å². The molecule has 3 rings (SSSR count).